The van der Waals surface area contributed by atoms with Gasteiger partial charge in [0.25, 0.3) is 0 Å². The van der Waals surface area contributed by atoms with Crippen LogP contribution >= 0.6 is 31.9 Å². The molecular weight excluding hydrogens is 274 g/mol. The largest absolute Gasteiger partial charge is 0.289 e. The van der Waals surface area contributed by atoms with Crippen LogP contribution in [0.2, 0.25) is 0 Å². The van der Waals surface area contributed by atoms with E-state index in [0.29, 0.717) is 5.78 Å². The molecule has 11 heavy (non-hydrogen) atoms. The summed E-state index contributed by atoms with van der Waals surface area (Å²) in [7, 11) is 0. The van der Waals surface area contributed by atoms with E-state index in [2.05, 4.69) is 41.8 Å². The third kappa shape index (κ3) is 1.30. The van der Waals surface area contributed by atoms with Crippen LogP contribution in [-0.4, -0.2) is 14.4 Å². The normalized spacial score (nSPS) is 10.7. The van der Waals surface area contributed by atoms with Gasteiger partial charge in [-0.2, -0.15) is 0 Å². The summed E-state index contributed by atoms with van der Waals surface area (Å²) in [4.78, 5) is 8.18. The molecule has 0 aliphatic carbocycles. The highest BCUT2D eigenvalue weighted by Crippen LogP contribution is 2.12. The molecule has 2 rings (SSSR count). The lowest BCUT2D eigenvalue weighted by atomic mass is 10.7. The Labute approximate surface area is 79.7 Å². The van der Waals surface area contributed by atoms with Gasteiger partial charge in [-0.15, -0.1) is 0 Å². The summed E-state index contributed by atoms with van der Waals surface area (Å²) in [5.74, 6) is 0.695. The molecule has 0 aliphatic rings. The minimum atomic E-state index is 0.695. The maximum atomic E-state index is 4.10. The van der Waals surface area contributed by atoms with E-state index < -0.39 is 0 Å². The van der Waals surface area contributed by atoms with Crippen molar-refractivity contribution in [3.05, 3.63) is 27.7 Å². The van der Waals surface area contributed by atoms with Crippen molar-refractivity contribution in [1.29, 1.82) is 0 Å². The molecule has 0 fully saturated rings. The zero-order valence-electron chi connectivity index (χ0n) is 5.33. The lowest BCUT2D eigenvalue weighted by Crippen LogP contribution is -1.85. The predicted octanol–water partition coefficient (Wildman–Crippen LogP) is 2.25. The lowest BCUT2D eigenvalue weighted by Gasteiger charge is -1.90. The minimum absolute atomic E-state index is 0.695. The number of aromatic nitrogens is 3. The van der Waals surface area contributed by atoms with Gasteiger partial charge in [0.15, 0.2) is 0 Å². The lowest BCUT2D eigenvalue weighted by molar-refractivity contribution is 1.10. The van der Waals surface area contributed by atoms with Crippen LogP contribution in [0.5, 0.6) is 0 Å². The van der Waals surface area contributed by atoms with Crippen molar-refractivity contribution < 1.29 is 0 Å². The van der Waals surface area contributed by atoms with E-state index >= 15 is 0 Å². The Bertz CT molecular complexity index is 396. The molecule has 0 atom stereocenters. The molecule has 0 unspecified atom stereocenters. The molecule has 0 saturated heterocycles. The summed E-state index contributed by atoms with van der Waals surface area (Å²) < 4.78 is 3.58. The van der Waals surface area contributed by atoms with Crippen molar-refractivity contribution in [2.45, 2.75) is 0 Å². The molecule has 0 spiro atoms. The smallest absolute Gasteiger partial charge is 0.234 e. The van der Waals surface area contributed by atoms with Crippen LogP contribution in [0.3, 0.4) is 0 Å². The average molecular weight is 277 g/mol. The Morgan fingerprint density at radius 3 is 2.91 bits per heavy atom. The van der Waals surface area contributed by atoms with Crippen molar-refractivity contribution in [3.8, 4) is 0 Å². The summed E-state index contributed by atoms with van der Waals surface area (Å²) in [6.07, 6.45) is 5.47. The second kappa shape index (κ2) is 2.57. The quantitative estimate of drug-likeness (QED) is 0.739. The maximum absolute atomic E-state index is 4.10. The standard InChI is InChI=1S/C6H3Br2N3/c7-4-1-9-6-10-5(8)3-11(6)2-4/h1-3H. The summed E-state index contributed by atoms with van der Waals surface area (Å²) in [6, 6.07) is 0. The molecule has 5 heteroatoms. The van der Waals surface area contributed by atoms with Crippen molar-refractivity contribution in [2.24, 2.45) is 0 Å². The summed E-state index contributed by atoms with van der Waals surface area (Å²) in [6.45, 7) is 0. The Morgan fingerprint density at radius 1 is 1.27 bits per heavy atom. The summed E-state index contributed by atoms with van der Waals surface area (Å²) in [5, 5.41) is 0. The zero-order chi connectivity index (χ0) is 7.84. The number of imidazole rings is 1. The van der Waals surface area contributed by atoms with E-state index in [-0.39, 0.29) is 0 Å². The van der Waals surface area contributed by atoms with E-state index in [1.165, 1.54) is 0 Å². The van der Waals surface area contributed by atoms with Crippen molar-refractivity contribution in [1.82, 2.24) is 14.4 Å². The second-order valence-corrected chi connectivity index (χ2v) is 3.77. The Kier molecular flexibility index (Phi) is 1.69. The highest BCUT2D eigenvalue weighted by Gasteiger charge is 1.98. The number of hydrogen-bond donors (Lipinski definition) is 0. The van der Waals surface area contributed by atoms with Crippen LogP contribution in [-0.2, 0) is 0 Å². The van der Waals surface area contributed by atoms with Crippen molar-refractivity contribution in [3.63, 3.8) is 0 Å². The first-order valence-corrected chi connectivity index (χ1v) is 4.50. The molecule has 56 valence electrons. The van der Waals surface area contributed by atoms with Crippen molar-refractivity contribution >= 4 is 37.6 Å². The molecule has 0 bridgehead atoms. The van der Waals surface area contributed by atoms with Crippen LogP contribution in [0.15, 0.2) is 27.7 Å². The fourth-order valence-corrected chi connectivity index (χ4v) is 1.53. The van der Waals surface area contributed by atoms with Gasteiger partial charge in [0, 0.05) is 18.6 Å². The Balaban J connectivity index is 2.82. The first-order valence-electron chi connectivity index (χ1n) is 2.91. The summed E-state index contributed by atoms with van der Waals surface area (Å²) in [5.41, 5.74) is 0. The molecule has 2 aromatic rings. The Hall–Kier alpha value is -0.420. The fraction of sp³-hybridized carbons (Fsp3) is 0. The van der Waals surface area contributed by atoms with E-state index in [4.69, 9.17) is 0 Å². The molecule has 0 amide bonds. The minimum Gasteiger partial charge on any atom is -0.289 e. The molecule has 0 aromatic carbocycles. The van der Waals surface area contributed by atoms with E-state index in [1.807, 2.05) is 16.8 Å². The van der Waals surface area contributed by atoms with E-state index in [1.54, 1.807) is 6.20 Å². The van der Waals surface area contributed by atoms with Gasteiger partial charge in [-0.25, -0.2) is 9.97 Å². The number of fused-ring (bicyclic) bond motifs is 1. The topological polar surface area (TPSA) is 30.2 Å². The fourth-order valence-electron chi connectivity index (χ4n) is 0.831. The second-order valence-electron chi connectivity index (χ2n) is 2.04. The number of rotatable bonds is 0. The van der Waals surface area contributed by atoms with E-state index in [0.717, 1.165) is 9.08 Å². The number of halogens is 2. The molecule has 0 radical (unpaired) electrons. The molecular formula is C6H3Br2N3. The number of nitrogens with zero attached hydrogens (tertiary/aromatic N) is 3. The highest BCUT2D eigenvalue weighted by atomic mass is 79.9. The van der Waals surface area contributed by atoms with Crippen LogP contribution in [0, 0.1) is 0 Å². The third-order valence-electron chi connectivity index (χ3n) is 1.25. The van der Waals surface area contributed by atoms with Gasteiger partial charge in [0.05, 0.1) is 4.47 Å². The van der Waals surface area contributed by atoms with Gasteiger partial charge >= 0.3 is 0 Å². The SMILES string of the molecule is Brc1cnc2nc(Br)cn2c1. The molecule has 2 heterocycles. The first-order chi connectivity index (χ1) is 5.25. The average Bonchev–Trinajstić information content (AvgIpc) is 2.27. The maximum Gasteiger partial charge on any atom is 0.234 e. The van der Waals surface area contributed by atoms with Gasteiger partial charge in [-0.1, -0.05) is 0 Å². The van der Waals surface area contributed by atoms with Gasteiger partial charge < -0.3 is 0 Å². The van der Waals surface area contributed by atoms with Crippen molar-refractivity contribution in [2.75, 3.05) is 0 Å². The first kappa shape index (κ1) is 7.24. The van der Waals surface area contributed by atoms with Crippen LogP contribution in [0.4, 0.5) is 0 Å². The zero-order valence-corrected chi connectivity index (χ0v) is 8.50. The van der Waals surface area contributed by atoms with Gasteiger partial charge in [0.2, 0.25) is 5.78 Å². The van der Waals surface area contributed by atoms with Gasteiger partial charge in [0.1, 0.15) is 4.60 Å². The van der Waals surface area contributed by atoms with Gasteiger partial charge in [-0.05, 0) is 31.9 Å². The molecule has 0 N–H and O–H groups in total. The van der Waals surface area contributed by atoms with Gasteiger partial charge in [-0.3, -0.25) is 4.40 Å². The summed E-state index contributed by atoms with van der Waals surface area (Å²) >= 11 is 6.58. The van der Waals surface area contributed by atoms with Crippen LogP contribution < -0.4 is 0 Å². The third-order valence-corrected chi connectivity index (χ3v) is 2.04. The molecule has 3 nitrogen and oxygen atoms in total. The highest BCUT2D eigenvalue weighted by molar-refractivity contribution is 9.10. The van der Waals surface area contributed by atoms with Crippen LogP contribution in [0.25, 0.3) is 5.78 Å². The van der Waals surface area contributed by atoms with E-state index in [9.17, 15) is 0 Å². The molecule has 0 saturated carbocycles. The van der Waals surface area contributed by atoms with Crippen LogP contribution in [0.1, 0.15) is 0 Å². The number of hydrogen-bond acceptors (Lipinski definition) is 2. The monoisotopic (exact) mass is 275 g/mol. The Morgan fingerprint density at radius 2 is 2.09 bits per heavy atom. The molecule has 0 aliphatic heterocycles. The predicted molar refractivity (Wildman–Crippen MR) is 48.4 cm³/mol. The molecule has 2 aromatic heterocycles.